The van der Waals surface area contributed by atoms with E-state index in [1.54, 1.807) is 6.92 Å². The van der Waals surface area contributed by atoms with Gasteiger partial charge in [0.05, 0.1) is 17.5 Å². The predicted molar refractivity (Wildman–Crippen MR) is 69.9 cm³/mol. The van der Waals surface area contributed by atoms with Crippen LogP contribution in [0.2, 0.25) is 0 Å². The maximum absolute atomic E-state index is 10.9. The third kappa shape index (κ3) is 2.59. The minimum absolute atomic E-state index is 0.418. The first-order valence-corrected chi connectivity index (χ1v) is 6.28. The number of hydrogen-bond acceptors (Lipinski definition) is 5. The van der Waals surface area contributed by atoms with Gasteiger partial charge in [0.2, 0.25) is 0 Å². The van der Waals surface area contributed by atoms with Gasteiger partial charge in [0.25, 0.3) is 0 Å². The molecule has 0 saturated carbocycles. The molecular formula is C12H11BrN3O2-. The molecule has 0 aliphatic carbocycles. The lowest BCUT2D eigenvalue weighted by molar-refractivity contribution is -0.306. The number of carboxylic acids is 1. The summed E-state index contributed by atoms with van der Waals surface area (Å²) in [5.41, 5.74) is 0.754. The van der Waals surface area contributed by atoms with Crippen molar-refractivity contribution >= 4 is 38.6 Å². The highest BCUT2D eigenvalue weighted by Gasteiger charge is 2.10. The van der Waals surface area contributed by atoms with Crippen molar-refractivity contribution in [1.82, 2.24) is 9.97 Å². The fourth-order valence-corrected chi connectivity index (χ4v) is 2.00. The van der Waals surface area contributed by atoms with Gasteiger partial charge in [-0.3, -0.25) is 0 Å². The molecule has 2 rings (SSSR count). The van der Waals surface area contributed by atoms with Crippen LogP contribution in [0.5, 0.6) is 0 Å². The second-order valence-corrected chi connectivity index (χ2v) is 4.72. The van der Waals surface area contributed by atoms with Crippen molar-refractivity contribution in [3.05, 3.63) is 29.0 Å². The van der Waals surface area contributed by atoms with Crippen LogP contribution in [-0.4, -0.2) is 22.0 Å². The van der Waals surface area contributed by atoms with Gasteiger partial charge in [-0.2, -0.15) is 0 Å². The predicted octanol–water partition coefficient (Wildman–Crippen LogP) is 1.33. The minimum Gasteiger partial charge on any atom is -0.548 e. The number of nitrogens with one attached hydrogen (secondary N) is 1. The molecule has 1 aromatic carbocycles. The maximum Gasteiger partial charge on any atom is 0.137 e. The smallest absolute Gasteiger partial charge is 0.137 e. The molecular weight excluding hydrogens is 298 g/mol. The number of aromatic nitrogens is 2. The van der Waals surface area contributed by atoms with Crippen molar-refractivity contribution in [3.8, 4) is 0 Å². The molecule has 0 bridgehead atoms. The van der Waals surface area contributed by atoms with Crippen LogP contribution < -0.4 is 10.4 Å². The summed E-state index contributed by atoms with van der Waals surface area (Å²) in [6.45, 7) is 1.77. The SMILES string of the molecule is CC[C@H](Nc1ncnc2ccc(Br)cc12)C(=O)[O-]. The molecule has 0 spiro atoms. The van der Waals surface area contributed by atoms with Crippen LogP contribution in [0.15, 0.2) is 29.0 Å². The van der Waals surface area contributed by atoms with Crippen molar-refractivity contribution in [2.24, 2.45) is 0 Å². The van der Waals surface area contributed by atoms with Crippen molar-refractivity contribution in [2.75, 3.05) is 5.32 Å². The van der Waals surface area contributed by atoms with Gasteiger partial charge in [0.1, 0.15) is 12.1 Å². The first-order valence-electron chi connectivity index (χ1n) is 5.49. The van der Waals surface area contributed by atoms with E-state index in [1.165, 1.54) is 6.33 Å². The summed E-state index contributed by atoms with van der Waals surface area (Å²) >= 11 is 3.37. The second kappa shape index (κ2) is 5.30. The number of carboxylic acid groups (broad SMARTS) is 1. The van der Waals surface area contributed by atoms with Gasteiger partial charge >= 0.3 is 0 Å². The Kier molecular flexibility index (Phi) is 3.76. The molecule has 0 radical (unpaired) electrons. The summed E-state index contributed by atoms with van der Waals surface area (Å²) in [5.74, 6) is -0.642. The van der Waals surface area contributed by atoms with E-state index in [9.17, 15) is 9.90 Å². The zero-order chi connectivity index (χ0) is 13.1. The number of anilines is 1. The van der Waals surface area contributed by atoms with Gasteiger partial charge in [0, 0.05) is 9.86 Å². The maximum atomic E-state index is 10.9. The summed E-state index contributed by atoms with van der Waals surface area (Å²) in [5, 5.41) is 14.5. The number of aliphatic carboxylic acids is 1. The first-order chi connectivity index (χ1) is 8.61. The standard InChI is InChI=1S/C12H12BrN3O2/c1-2-9(12(17)18)16-11-8-5-7(13)3-4-10(8)14-6-15-11/h3-6,9H,2H2,1H3,(H,17,18)(H,14,15,16)/p-1/t9-/m0/s1. The third-order valence-electron chi connectivity index (χ3n) is 2.60. The van der Waals surface area contributed by atoms with Gasteiger partial charge in [0.15, 0.2) is 0 Å². The highest BCUT2D eigenvalue weighted by atomic mass is 79.9. The Bertz CT molecular complexity index is 589. The number of rotatable bonds is 4. The van der Waals surface area contributed by atoms with Crippen molar-refractivity contribution in [1.29, 1.82) is 0 Å². The molecule has 1 N–H and O–H groups in total. The third-order valence-corrected chi connectivity index (χ3v) is 3.09. The topological polar surface area (TPSA) is 77.9 Å². The fraction of sp³-hybridized carbons (Fsp3) is 0.250. The number of fused-ring (bicyclic) bond motifs is 1. The number of carbonyl (C=O) groups is 1. The van der Waals surface area contributed by atoms with Crippen LogP contribution >= 0.6 is 15.9 Å². The van der Waals surface area contributed by atoms with E-state index >= 15 is 0 Å². The van der Waals surface area contributed by atoms with E-state index in [4.69, 9.17) is 0 Å². The van der Waals surface area contributed by atoms with Gasteiger partial charge < -0.3 is 15.2 Å². The van der Waals surface area contributed by atoms with Crippen molar-refractivity contribution < 1.29 is 9.90 Å². The van der Waals surface area contributed by atoms with Crippen LogP contribution in [0.3, 0.4) is 0 Å². The molecule has 1 aromatic heterocycles. The summed E-state index contributed by atoms with van der Waals surface area (Å²) in [7, 11) is 0. The van der Waals surface area contributed by atoms with E-state index in [2.05, 4.69) is 31.2 Å². The van der Waals surface area contributed by atoms with E-state index in [0.29, 0.717) is 12.2 Å². The van der Waals surface area contributed by atoms with E-state index in [0.717, 1.165) is 15.4 Å². The molecule has 5 nitrogen and oxygen atoms in total. The van der Waals surface area contributed by atoms with Crippen LogP contribution in [0.4, 0.5) is 5.82 Å². The number of nitrogens with zero attached hydrogens (tertiary/aromatic N) is 2. The quantitative estimate of drug-likeness (QED) is 0.922. The Morgan fingerprint density at radius 2 is 2.28 bits per heavy atom. The second-order valence-electron chi connectivity index (χ2n) is 3.81. The Labute approximate surface area is 112 Å². The molecule has 94 valence electrons. The van der Waals surface area contributed by atoms with Crippen LogP contribution in [0.1, 0.15) is 13.3 Å². The lowest BCUT2D eigenvalue weighted by Crippen LogP contribution is -2.40. The van der Waals surface area contributed by atoms with E-state index in [1.807, 2.05) is 18.2 Å². The molecule has 0 saturated heterocycles. The molecule has 0 aliphatic heterocycles. The summed E-state index contributed by atoms with van der Waals surface area (Å²) in [4.78, 5) is 19.1. The Morgan fingerprint density at radius 1 is 1.50 bits per heavy atom. The zero-order valence-corrected chi connectivity index (χ0v) is 11.3. The highest BCUT2D eigenvalue weighted by Crippen LogP contribution is 2.23. The molecule has 0 unspecified atom stereocenters. The van der Waals surface area contributed by atoms with Gasteiger partial charge in [-0.25, -0.2) is 9.97 Å². The minimum atomic E-state index is -1.14. The summed E-state index contributed by atoms with van der Waals surface area (Å²) < 4.78 is 0.884. The molecule has 0 amide bonds. The lowest BCUT2D eigenvalue weighted by atomic mass is 10.2. The molecule has 0 fully saturated rings. The average Bonchev–Trinajstić information content (AvgIpc) is 2.35. The number of benzene rings is 1. The monoisotopic (exact) mass is 308 g/mol. The first kappa shape index (κ1) is 12.8. The largest absolute Gasteiger partial charge is 0.548 e. The molecule has 0 aliphatic rings. The van der Waals surface area contributed by atoms with Crippen LogP contribution in [0, 0.1) is 0 Å². The zero-order valence-electron chi connectivity index (χ0n) is 9.68. The van der Waals surface area contributed by atoms with Crippen molar-refractivity contribution in [3.63, 3.8) is 0 Å². The fourth-order valence-electron chi connectivity index (χ4n) is 1.64. The van der Waals surface area contributed by atoms with E-state index < -0.39 is 12.0 Å². The van der Waals surface area contributed by atoms with E-state index in [-0.39, 0.29) is 0 Å². The number of halogens is 1. The normalized spacial score (nSPS) is 12.3. The van der Waals surface area contributed by atoms with Crippen LogP contribution in [-0.2, 0) is 4.79 Å². The summed E-state index contributed by atoms with van der Waals surface area (Å²) in [6, 6.07) is 4.79. The molecule has 2 aromatic rings. The molecule has 1 atom stereocenters. The molecule has 1 heterocycles. The Balaban J connectivity index is 2.44. The molecule has 18 heavy (non-hydrogen) atoms. The molecule has 6 heteroatoms. The van der Waals surface area contributed by atoms with Crippen molar-refractivity contribution in [2.45, 2.75) is 19.4 Å². The summed E-state index contributed by atoms with van der Waals surface area (Å²) in [6.07, 6.45) is 1.82. The van der Waals surface area contributed by atoms with Gasteiger partial charge in [-0.15, -0.1) is 0 Å². The van der Waals surface area contributed by atoms with Crippen LogP contribution in [0.25, 0.3) is 10.9 Å². The number of carbonyl (C=O) groups excluding carboxylic acids is 1. The highest BCUT2D eigenvalue weighted by molar-refractivity contribution is 9.10. The Morgan fingerprint density at radius 3 is 2.94 bits per heavy atom. The van der Waals surface area contributed by atoms with Gasteiger partial charge in [-0.05, 0) is 24.6 Å². The Hall–Kier alpha value is -1.69. The van der Waals surface area contributed by atoms with Gasteiger partial charge in [-0.1, -0.05) is 22.9 Å². The average molecular weight is 309 g/mol. The lowest BCUT2D eigenvalue weighted by Gasteiger charge is -2.19. The number of hydrogen-bond donors (Lipinski definition) is 1.